The Kier molecular flexibility index (Phi) is 8.88. The van der Waals surface area contributed by atoms with Crippen LogP contribution in [0.5, 0.6) is 5.75 Å². The van der Waals surface area contributed by atoms with E-state index >= 15 is 0 Å². The second-order valence-corrected chi connectivity index (χ2v) is 11.5. The summed E-state index contributed by atoms with van der Waals surface area (Å²) in [5.41, 5.74) is 1.79. The van der Waals surface area contributed by atoms with Crippen LogP contribution < -0.4 is 15.2 Å². The molecule has 1 aliphatic heterocycles. The number of nitrogens with zero attached hydrogens (tertiary/aromatic N) is 4. The molecular weight excluding hydrogens is 436 g/mol. The molecule has 1 saturated heterocycles. The van der Waals surface area contributed by atoms with Gasteiger partial charge in [-0.05, 0) is 49.3 Å². The van der Waals surface area contributed by atoms with Crippen molar-refractivity contribution in [3.63, 3.8) is 0 Å². The third kappa shape index (κ3) is 7.33. The minimum Gasteiger partial charge on any atom is -0.486 e. The van der Waals surface area contributed by atoms with Crippen LogP contribution in [0.2, 0.25) is 0 Å². The number of rotatable bonds is 9. The van der Waals surface area contributed by atoms with Gasteiger partial charge < -0.3 is 9.64 Å². The van der Waals surface area contributed by atoms with Gasteiger partial charge in [0.2, 0.25) is 5.75 Å². The number of hydrogen-bond acceptors (Lipinski definition) is 5. The molecule has 35 heavy (non-hydrogen) atoms. The van der Waals surface area contributed by atoms with Gasteiger partial charge in [-0.15, -0.1) is 0 Å². The largest absolute Gasteiger partial charge is 0.486 e. The van der Waals surface area contributed by atoms with Gasteiger partial charge in [0.05, 0.1) is 18.5 Å². The maximum Gasteiger partial charge on any atom is 0.316 e. The predicted molar refractivity (Wildman–Crippen MR) is 144 cm³/mol. The Hall–Kier alpha value is -2.34. The highest BCUT2D eigenvalue weighted by Crippen LogP contribution is 2.29. The predicted octanol–water partition coefficient (Wildman–Crippen LogP) is 5.53. The topological polar surface area (TPSA) is 50.6 Å². The van der Waals surface area contributed by atoms with Gasteiger partial charge in [0, 0.05) is 26.2 Å². The Bertz CT molecular complexity index is 968. The fraction of sp³-hybridized carbons (Fsp3) is 0.655. The molecule has 1 aliphatic carbocycles. The quantitative estimate of drug-likeness (QED) is 0.442. The lowest BCUT2D eigenvalue weighted by atomic mass is 9.86. The molecule has 6 nitrogen and oxygen atoms in total. The molecule has 1 aromatic carbocycles. The van der Waals surface area contributed by atoms with Gasteiger partial charge in [0.25, 0.3) is 0 Å². The molecule has 0 atom stereocenters. The number of ether oxygens (including phenoxy) is 1. The summed E-state index contributed by atoms with van der Waals surface area (Å²) in [5, 5.41) is 4.54. The van der Waals surface area contributed by atoms with Crippen molar-refractivity contribution >= 4 is 5.69 Å². The molecule has 0 unspecified atom stereocenters. The second kappa shape index (κ2) is 12.1. The van der Waals surface area contributed by atoms with Crippen molar-refractivity contribution in [1.29, 1.82) is 0 Å². The normalized spacial score (nSPS) is 18.1. The first kappa shape index (κ1) is 25.7. The van der Waals surface area contributed by atoms with Crippen LogP contribution in [0.4, 0.5) is 5.69 Å². The highest BCUT2D eigenvalue weighted by atomic mass is 16.5. The first-order valence-electron chi connectivity index (χ1n) is 13.7. The molecule has 0 N–H and O–H groups in total. The SMILES string of the molecule is CC(C)(C)CCN1CCN(c2cnn(-c3ccccc3)c(=O)c2OCCCC2CCCCC2)CC1. The molecule has 2 aliphatic rings. The zero-order valence-electron chi connectivity index (χ0n) is 22.0. The van der Waals surface area contributed by atoms with Crippen LogP contribution in [0.15, 0.2) is 41.3 Å². The Morgan fingerprint density at radius 1 is 1.00 bits per heavy atom. The molecule has 2 fully saturated rings. The van der Waals surface area contributed by atoms with Crippen LogP contribution >= 0.6 is 0 Å². The van der Waals surface area contributed by atoms with E-state index in [0.29, 0.717) is 17.8 Å². The number of aromatic nitrogens is 2. The van der Waals surface area contributed by atoms with Crippen LogP contribution in [0.1, 0.15) is 72.1 Å². The summed E-state index contributed by atoms with van der Waals surface area (Å²) in [6, 6.07) is 9.63. The molecule has 192 valence electrons. The first-order valence-corrected chi connectivity index (χ1v) is 13.7. The summed E-state index contributed by atoms with van der Waals surface area (Å²) in [6.07, 6.45) is 12.0. The van der Waals surface area contributed by atoms with E-state index in [1.807, 2.05) is 36.5 Å². The maximum absolute atomic E-state index is 13.5. The highest BCUT2D eigenvalue weighted by Gasteiger charge is 2.24. The summed E-state index contributed by atoms with van der Waals surface area (Å²) in [4.78, 5) is 18.4. The van der Waals surface area contributed by atoms with Crippen molar-refractivity contribution in [3.05, 3.63) is 46.9 Å². The maximum atomic E-state index is 13.5. The first-order chi connectivity index (χ1) is 16.9. The summed E-state index contributed by atoms with van der Waals surface area (Å²) in [5.74, 6) is 1.28. The third-order valence-electron chi connectivity index (χ3n) is 7.53. The Labute approximate surface area is 211 Å². The number of anilines is 1. The second-order valence-electron chi connectivity index (χ2n) is 11.5. The van der Waals surface area contributed by atoms with Gasteiger partial charge in [-0.3, -0.25) is 9.69 Å². The summed E-state index contributed by atoms with van der Waals surface area (Å²) in [6.45, 7) is 12.4. The van der Waals surface area contributed by atoms with E-state index in [4.69, 9.17) is 4.74 Å². The molecule has 1 aromatic heterocycles. The minimum atomic E-state index is -0.165. The smallest absolute Gasteiger partial charge is 0.316 e. The van der Waals surface area contributed by atoms with Crippen molar-refractivity contribution in [3.8, 4) is 11.4 Å². The molecule has 0 spiro atoms. The van der Waals surface area contributed by atoms with Gasteiger partial charge >= 0.3 is 5.56 Å². The molecular formula is C29H44N4O2. The molecule has 2 heterocycles. The van der Waals surface area contributed by atoms with Gasteiger partial charge in [-0.2, -0.15) is 9.78 Å². The van der Waals surface area contributed by atoms with E-state index in [0.717, 1.165) is 56.4 Å². The van der Waals surface area contributed by atoms with Crippen LogP contribution in [-0.4, -0.2) is 54.0 Å². The van der Waals surface area contributed by atoms with E-state index in [2.05, 4.69) is 35.7 Å². The van der Waals surface area contributed by atoms with Gasteiger partial charge in [-0.25, -0.2) is 0 Å². The molecule has 0 radical (unpaired) electrons. The zero-order chi connectivity index (χ0) is 24.7. The van der Waals surface area contributed by atoms with E-state index in [1.54, 1.807) is 0 Å². The lowest BCUT2D eigenvalue weighted by Crippen LogP contribution is -2.47. The number of para-hydroxylation sites is 1. The fourth-order valence-corrected chi connectivity index (χ4v) is 5.27. The Morgan fingerprint density at radius 3 is 2.40 bits per heavy atom. The Balaban J connectivity index is 1.45. The average Bonchev–Trinajstić information content (AvgIpc) is 2.87. The van der Waals surface area contributed by atoms with Crippen molar-refractivity contribution in [2.45, 2.75) is 72.1 Å². The summed E-state index contributed by atoms with van der Waals surface area (Å²) in [7, 11) is 0. The van der Waals surface area contributed by atoms with Crippen molar-refractivity contribution in [1.82, 2.24) is 14.7 Å². The van der Waals surface area contributed by atoms with Crippen molar-refractivity contribution < 1.29 is 4.74 Å². The molecule has 4 rings (SSSR count). The molecule has 0 amide bonds. The molecule has 1 saturated carbocycles. The monoisotopic (exact) mass is 480 g/mol. The van der Waals surface area contributed by atoms with E-state index in [-0.39, 0.29) is 5.56 Å². The van der Waals surface area contributed by atoms with Gasteiger partial charge in [0.1, 0.15) is 5.69 Å². The van der Waals surface area contributed by atoms with E-state index in [9.17, 15) is 4.79 Å². The number of piperazine rings is 1. The number of hydrogen-bond donors (Lipinski definition) is 0. The van der Waals surface area contributed by atoms with Gasteiger partial charge in [0.15, 0.2) is 0 Å². The van der Waals surface area contributed by atoms with E-state index < -0.39 is 0 Å². The lowest BCUT2D eigenvalue weighted by Gasteiger charge is -2.37. The minimum absolute atomic E-state index is 0.165. The van der Waals surface area contributed by atoms with Crippen molar-refractivity contribution in [2.24, 2.45) is 11.3 Å². The highest BCUT2D eigenvalue weighted by molar-refractivity contribution is 5.57. The Morgan fingerprint density at radius 2 is 1.71 bits per heavy atom. The van der Waals surface area contributed by atoms with Crippen LogP contribution in [0.25, 0.3) is 5.69 Å². The van der Waals surface area contributed by atoms with Crippen LogP contribution in [0.3, 0.4) is 0 Å². The zero-order valence-corrected chi connectivity index (χ0v) is 22.0. The van der Waals surface area contributed by atoms with Crippen LogP contribution in [-0.2, 0) is 0 Å². The summed E-state index contributed by atoms with van der Waals surface area (Å²) < 4.78 is 7.74. The van der Waals surface area contributed by atoms with Gasteiger partial charge in [-0.1, -0.05) is 71.1 Å². The molecule has 6 heteroatoms. The lowest BCUT2D eigenvalue weighted by molar-refractivity contribution is 0.216. The average molecular weight is 481 g/mol. The van der Waals surface area contributed by atoms with Crippen molar-refractivity contribution in [2.75, 3.05) is 44.2 Å². The fourth-order valence-electron chi connectivity index (χ4n) is 5.27. The molecule has 0 bridgehead atoms. The standard InChI is InChI=1S/C29H44N4O2/c1-29(2,3)16-17-31-18-20-32(21-19-31)26-23-30-33(25-14-8-5-9-15-25)28(34)27(26)35-22-10-13-24-11-6-4-7-12-24/h5,8-9,14-15,23-24H,4,6-7,10-13,16-22H2,1-3H3. The third-order valence-corrected chi connectivity index (χ3v) is 7.53. The van der Waals surface area contributed by atoms with Crippen LogP contribution in [0, 0.1) is 11.3 Å². The molecule has 2 aromatic rings. The number of benzene rings is 1. The summed E-state index contributed by atoms with van der Waals surface area (Å²) >= 11 is 0. The van der Waals surface area contributed by atoms with E-state index in [1.165, 1.54) is 49.6 Å².